The fourth-order valence-electron chi connectivity index (χ4n) is 3.15. The normalized spacial score (nSPS) is 17.4. The van der Waals surface area contributed by atoms with E-state index in [1.807, 2.05) is 49.1 Å². The third-order valence-corrected chi connectivity index (χ3v) is 4.56. The Labute approximate surface area is 149 Å². The Bertz CT molecular complexity index is 562. The lowest BCUT2D eigenvalue weighted by molar-refractivity contribution is -0.131. The number of likely N-dealkylation sites (tertiary alicyclic amines) is 1. The van der Waals surface area contributed by atoms with Crippen LogP contribution in [0.2, 0.25) is 0 Å². The van der Waals surface area contributed by atoms with E-state index in [1.54, 1.807) is 4.90 Å². The van der Waals surface area contributed by atoms with Gasteiger partial charge in [-0.1, -0.05) is 30.3 Å². The van der Waals surface area contributed by atoms with Gasteiger partial charge in [-0.2, -0.15) is 0 Å². The Morgan fingerprint density at radius 1 is 1.32 bits per heavy atom. The Hall–Kier alpha value is -2.08. The molecule has 2 N–H and O–H groups in total. The van der Waals surface area contributed by atoms with Crippen LogP contribution < -0.4 is 5.73 Å². The standard InChI is InChI=1S/C19H29N3O3/c1-15(2)22(19(24)25-14-16-7-4-3-5-8-16)13-17-9-6-10-21(12-17)18(23)11-20/h3-5,7-8,15,17H,6,9-14,20H2,1-2H3/t17-/m0/s1. The van der Waals surface area contributed by atoms with Crippen LogP contribution in [0.4, 0.5) is 4.79 Å². The van der Waals surface area contributed by atoms with Crippen LogP contribution in [0.5, 0.6) is 0 Å². The Balaban J connectivity index is 1.91. The molecule has 1 aliphatic heterocycles. The third kappa shape index (κ3) is 5.74. The van der Waals surface area contributed by atoms with Gasteiger partial charge in [-0.15, -0.1) is 0 Å². The SMILES string of the molecule is CC(C)N(C[C@H]1CCCN(C(=O)CN)C1)C(=O)OCc1ccccc1. The van der Waals surface area contributed by atoms with Crippen molar-refractivity contribution in [1.82, 2.24) is 9.80 Å². The molecule has 1 aromatic carbocycles. The predicted octanol–water partition coefficient (Wildman–Crippen LogP) is 2.23. The van der Waals surface area contributed by atoms with Crippen molar-refractivity contribution in [3.63, 3.8) is 0 Å². The lowest BCUT2D eigenvalue weighted by Crippen LogP contribution is -2.48. The lowest BCUT2D eigenvalue weighted by Gasteiger charge is -2.36. The van der Waals surface area contributed by atoms with Gasteiger partial charge in [-0.25, -0.2) is 4.79 Å². The minimum Gasteiger partial charge on any atom is -0.445 e. The predicted molar refractivity (Wildman–Crippen MR) is 96.8 cm³/mol. The van der Waals surface area contributed by atoms with Gasteiger partial charge in [-0.05, 0) is 38.2 Å². The van der Waals surface area contributed by atoms with Crippen molar-refractivity contribution in [1.29, 1.82) is 0 Å². The molecule has 0 radical (unpaired) electrons. The molecular formula is C19H29N3O3. The molecular weight excluding hydrogens is 318 g/mol. The number of amides is 2. The first-order valence-electron chi connectivity index (χ1n) is 8.96. The van der Waals surface area contributed by atoms with Crippen LogP contribution in [0.25, 0.3) is 0 Å². The van der Waals surface area contributed by atoms with E-state index in [-0.39, 0.29) is 37.1 Å². The maximum absolute atomic E-state index is 12.5. The summed E-state index contributed by atoms with van der Waals surface area (Å²) in [7, 11) is 0. The summed E-state index contributed by atoms with van der Waals surface area (Å²) in [6, 6.07) is 9.70. The largest absolute Gasteiger partial charge is 0.445 e. The summed E-state index contributed by atoms with van der Waals surface area (Å²) >= 11 is 0. The minimum atomic E-state index is -0.305. The van der Waals surface area contributed by atoms with Crippen LogP contribution in [0.3, 0.4) is 0 Å². The van der Waals surface area contributed by atoms with Gasteiger partial charge in [0.2, 0.25) is 5.91 Å². The fourth-order valence-corrected chi connectivity index (χ4v) is 3.15. The van der Waals surface area contributed by atoms with Crippen LogP contribution in [-0.2, 0) is 16.1 Å². The van der Waals surface area contributed by atoms with Crippen LogP contribution in [0, 0.1) is 5.92 Å². The maximum atomic E-state index is 12.5. The first-order valence-corrected chi connectivity index (χ1v) is 8.96. The molecule has 1 aliphatic rings. The summed E-state index contributed by atoms with van der Waals surface area (Å²) < 4.78 is 5.47. The van der Waals surface area contributed by atoms with Crippen molar-refractivity contribution in [2.75, 3.05) is 26.2 Å². The van der Waals surface area contributed by atoms with Gasteiger partial charge in [0.15, 0.2) is 0 Å². The molecule has 1 heterocycles. The van der Waals surface area contributed by atoms with E-state index in [9.17, 15) is 9.59 Å². The van der Waals surface area contributed by atoms with Gasteiger partial charge in [0, 0.05) is 25.7 Å². The summed E-state index contributed by atoms with van der Waals surface area (Å²) in [5, 5.41) is 0. The molecule has 6 nitrogen and oxygen atoms in total. The molecule has 6 heteroatoms. The van der Waals surface area contributed by atoms with E-state index in [0.717, 1.165) is 24.9 Å². The summed E-state index contributed by atoms with van der Waals surface area (Å²) in [4.78, 5) is 27.9. The molecule has 2 amide bonds. The van der Waals surface area contributed by atoms with E-state index in [0.29, 0.717) is 13.1 Å². The molecule has 138 valence electrons. The molecule has 0 spiro atoms. The van der Waals surface area contributed by atoms with E-state index >= 15 is 0 Å². The summed E-state index contributed by atoms with van der Waals surface area (Å²) in [6.07, 6.45) is 1.64. The first kappa shape index (κ1) is 19.2. The fraction of sp³-hybridized carbons (Fsp3) is 0.579. The van der Waals surface area contributed by atoms with E-state index < -0.39 is 0 Å². The number of nitrogens with two attached hydrogens (primary N) is 1. The van der Waals surface area contributed by atoms with Crippen molar-refractivity contribution in [2.24, 2.45) is 11.7 Å². The summed E-state index contributed by atoms with van der Waals surface area (Å²) in [5.74, 6) is 0.239. The molecule has 0 unspecified atom stereocenters. The molecule has 0 aromatic heterocycles. The van der Waals surface area contributed by atoms with Crippen molar-refractivity contribution < 1.29 is 14.3 Å². The van der Waals surface area contributed by atoms with E-state index in [1.165, 1.54) is 0 Å². The van der Waals surface area contributed by atoms with Gasteiger partial charge in [-0.3, -0.25) is 4.79 Å². The number of rotatable bonds is 6. The summed E-state index contributed by atoms with van der Waals surface area (Å²) in [6.45, 7) is 6.29. The quantitative estimate of drug-likeness (QED) is 0.856. The first-order chi connectivity index (χ1) is 12.0. The van der Waals surface area contributed by atoms with Gasteiger partial charge in [0.1, 0.15) is 6.61 Å². The second-order valence-corrected chi connectivity index (χ2v) is 6.84. The number of nitrogens with zero attached hydrogens (tertiary/aromatic N) is 2. The number of piperidine rings is 1. The van der Waals surface area contributed by atoms with Gasteiger partial charge < -0.3 is 20.3 Å². The second kappa shape index (κ2) is 9.42. The highest BCUT2D eigenvalue weighted by atomic mass is 16.6. The maximum Gasteiger partial charge on any atom is 0.410 e. The van der Waals surface area contributed by atoms with Gasteiger partial charge >= 0.3 is 6.09 Å². The number of hydrogen-bond donors (Lipinski definition) is 1. The molecule has 0 aliphatic carbocycles. The molecule has 2 rings (SSSR count). The number of carbonyl (C=O) groups is 2. The Kier molecular flexibility index (Phi) is 7.25. The van der Waals surface area contributed by atoms with Crippen LogP contribution in [-0.4, -0.2) is 54.0 Å². The zero-order valence-corrected chi connectivity index (χ0v) is 15.2. The van der Waals surface area contributed by atoms with Gasteiger partial charge in [0.05, 0.1) is 6.54 Å². The molecule has 1 saturated heterocycles. The molecule has 25 heavy (non-hydrogen) atoms. The molecule has 1 atom stereocenters. The van der Waals surface area contributed by atoms with Crippen LogP contribution in [0.1, 0.15) is 32.3 Å². The molecule has 1 fully saturated rings. The lowest BCUT2D eigenvalue weighted by atomic mass is 9.97. The zero-order valence-electron chi connectivity index (χ0n) is 15.2. The van der Waals surface area contributed by atoms with Gasteiger partial charge in [0.25, 0.3) is 0 Å². The number of benzene rings is 1. The minimum absolute atomic E-state index is 0.0209. The number of carbonyl (C=O) groups excluding carboxylic acids is 2. The average Bonchev–Trinajstić information content (AvgIpc) is 2.64. The van der Waals surface area contributed by atoms with Crippen LogP contribution in [0.15, 0.2) is 30.3 Å². The highest BCUT2D eigenvalue weighted by Gasteiger charge is 2.28. The highest BCUT2D eigenvalue weighted by Crippen LogP contribution is 2.19. The van der Waals surface area contributed by atoms with Crippen LogP contribution >= 0.6 is 0 Å². The van der Waals surface area contributed by atoms with Crippen molar-refractivity contribution in [3.05, 3.63) is 35.9 Å². The molecule has 0 bridgehead atoms. The van der Waals surface area contributed by atoms with E-state index in [4.69, 9.17) is 10.5 Å². The second-order valence-electron chi connectivity index (χ2n) is 6.84. The van der Waals surface area contributed by atoms with Crippen molar-refractivity contribution in [3.8, 4) is 0 Å². The van der Waals surface area contributed by atoms with Crippen molar-refractivity contribution in [2.45, 2.75) is 39.3 Å². The highest BCUT2D eigenvalue weighted by molar-refractivity contribution is 5.78. The molecule has 0 saturated carbocycles. The monoisotopic (exact) mass is 347 g/mol. The Morgan fingerprint density at radius 3 is 2.68 bits per heavy atom. The number of ether oxygens (including phenoxy) is 1. The van der Waals surface area contributed by atoms with Crippen molar-refractivity contribution >= 4 is 12.0 Å². The summed E-state index contributed by atoms with van der Waals surface area (Å²) in [5.41, 5.74) is 6.43. The topological polar surface area (TPSA) is 75.9 Å². The smallest absolute Gasteiger partial charge is 0.410 e. The third-order valence-electron chi connectivity index (χ3n) is 4.56. The molecule has 1 aromatic rings. The Morgan fingerprint density at radius 2 is 2.04 bits per heavy atom. The number of hydrogen-bond acceptors (Lipinski definition) is 4. The average molecular weight is 347 g/mol. The van der Waals surface area contributed by atoms with E-state index in [2.05, 4.69) is 0 Å². The zero-order chi connectivity index (χ0) is 18.2.